The first kappa shape index (κ1) is 12.5. The predicted octanol–water partition coefficient (Wildman–Crippen LogP) is 2.23. The van der Waals surface area contributed by atoms with E-state index in [0.29, 0.717) is 23.1 Å². The Morgan fingerprint density at radius 1 is 1.32 bits per heavy atom. The molecule has 2 saturated carbocycles. The molecule has 0 saturated heterocycles. The molecule has 1 heterocycles. The lowest BCUT2D eigenvalue weighted by atomic mass is 10.1. The number of carbonyl (C=O) groups excluding carboxylic acids is 1. The number of nitrogens with two attached hydrogens (primary N) is 1. The fraction of sp³-hybridized carbons (Fsp3) is 0.600. The van der Waals surface area contributed by atoms with Gasteiger partial charge in [0.25, 0.3) is 5.91 Å². The third-order valence-corrected chi connectivity index (χ3v) is 3.94. The molecule has 2 aliphatic carbocycles. The molecule has 0 unspecified atom stereocenters. The van der Waals surface area contributed by atoms with Crippen molar-refractivity contribution in [2.45, 2.75) is 32.6 Å². The van der Waals surface area contributed by atoms with Crippen LogP contribution in [0.25, 0.3) is 0 Å². The third kappa shape index (κ3) is 3.06. The molecule has 4 nitrogen and oxygen atoms in total. The summed E-state index contributed by atoms with van der Waals surface area (Å²) < 4.78 is 0. The van der Waals surface area contributed by atoms with Crippen molar-refractivity contribution in [3.8, 4) is 0 Å². The van der Waals surface area contributed by atoms with Crippen molar-refractivity contribution < 1.29 is 4.79 Å². The molecule has 0 aliphatic heterocycles. The molecular formula is C15H21N3O. The Morgan fingerprint density at radius 2 is 1.89 bits per heavy atom. The maximum Gasteiger partial charge on any atom is 0.257 e. The van der Waals surface area contributed by atoms with Crippen LogP contribution >= 0.6 is 0 Å². The number of aryl methyl sites for hydroxylation is 1. The van der Waals surface area contributed by atoms with Gasteiger partial charge in [0, 0.05) is 30.7 Å². The SMILES string of the molecule is Cc1cc(N)c(C(=O)N(CC2CC2)CC2CC2)cn1. The minimum atomic E-state index is 0.0591. The van der Waals surface area contributed by atoms with E-state index in [0.717, 1.165) is 18.8 Å². The maximum atomic E-state index is 12.6. The lowest BCUT2D eigenvalue weighted by molar-refractivity contribution is 0.0740. The van der Waals surface area contributed by atoms with E-state index >= 15 is 0 Å². The highest BCUT2D eigenvalue weighted by Crippen LogP contribution is 2.34. The fourth-order valence-corrected chi connectivity index (χ4v) is 2.39. The van der Waals surface area contributed by atoms with Crippen LogP contribution in [0, 0.1) is 18.8 Å². The van der Waals surface area contributed by atoms with Gasteiger partial charge in [0.05, 0.1) is 5.56 Å². The van der Waals surface area contributed by atoms with Gasteiger partial charge in [-0.15, -0.1) is 0 Å². The van der Waals surface area contributed by atoms with Crippen molar-refractivity contribution in [3.05, 3.63) is 23.5 Å². The van der Waals surface area contributed by atoms with Gasteiger partial charge in [0.15, 0.2) is 0 Å². The van der Waals surface area contributed by atoms with E-state index in [4.69, 9.17) is 5.73 Å². The van der Waals surface area contributed by atoms with Crippen LogP contribution in [0.3, 0.4) is 0 Å². The van der Waals surface area contributed by atoms with Crippen LogP contribution in [0.15, 0.2) is 12.3 Å². The number of rotatable bonds is 5. The Kier molecular flexibility index (Phi) is 3.17. The second-order valence-electron chi connectivity index (χ2n) is 6.01. The fourth-order valence-electron chi connectivity index (χ4n) is 2.39. The first-order chi connectivity index (χ1) is 9.13. The van der Waals surface area contributed by atoms with Crippen LogP contribution < -0.4 is 5.73 Å². The summed E-state index contributed by atoms with van der Waals surface area (Å²) in [4.78, 5) is 18.8. The number of pyridine rings is 1. The first-order valence-corrected chi connectivity index (χ1v) is 7.15. The molecule has 3 rings (SSSR count). The first-order valence-electron chi connectivity index (χ1n) is 7.15. The standard InChI is InChI=1S/C15H21N3O/c1-10-6-14(16)13(7-17-10)15(19)18(8-11-2-3-11)9-12-4-5-12/h6-7,11-12H,2-5,8-9H2,1H3,(H2,16,17). The molecule has 0 spiro atoms. The summed E-state index contributed by atoms with van der Waals surface area (Å²) in [5.41, 5.74) is 7.93. The van der Waals surface area contributed by atoms with Gasteiger partial charge in [-0.3, -0.25) is 9.78 Å². The lowest BCUT2D eigenvalue weighted by Gasteiger charge is -2.23. The van der Waals surface area contributed by atoms with Crippen LogP contribution in [0.1, 0.15) is 41.7 Å². The molecule has 102 valence electrons. The number of amides is 1. The van der Waals surface area contributed by atoms with E-state index < -0.39 is 0 Å². The second-order valence-corrected chi connectivity index (χ2v) is 6.01. The van der Waals surface area contributed by atoms with Crippen LogP contribution in [0.4, 0.5) is 5.69 Å². The molecule has 0 atom stereocenters. The number of carbonyl (C=O) groups is 1. The summed E-state index contributed by atoms with van der Waals surface area (Å²) in [6.45, 7) is 3.67. The predicted molar refractivity (Wildman–Crippen MR) is 74.7 cm³/mol. The zero-order valence-corrected chi connectivity index (χ0v) is 11.4. The molecule has 0 bridgehead atoms. The largest absolute Gasteiger partial charge is 0.398 e. The molecular weight excluding hydrogens is 238 g/mol. The van der Waals surface area contributed by atoms with Gasteiger partial charge >= 0.3 is 0 Å². The third-order valence-electron chi connectivity index (χ3n) is 3.94. The van der Waals surface area contributed by atoms with Crippen LogP contribution in [-0.4, -0.2) is 28.9 Å². The summed E-state index contributed by atoms with van der Waals surface area (Å²) in [5, 5.41) is 0. The van der Waals surface area contributed by atoms with Gasteiger partial charge in [0.1, 0.15) is 0 Å². The summed E-state index contributed by atoms with van der Waals surface area (Å²) in [6.07, 6.45) is 6.66. The number of aromatic nitrogens is 1. The average molecular weight is 259 g/mol. The van der Waals surface area contributed by atoms with E-state index in [1.807, 2.05) is 11.8 Å². The minimum absolute atomic E-state index is 0.0591. The summed E-state index contributed by atoms with van der Waals surface area (Å²) in [7, 11) is 0. The Balaban J connectivity index is 1.76. The highest BCUT2D eigenvalue weighted by atomic mass is 16.2. The Bertz CT molecular complexity index is 478. The smallest absolute Gasteiger partial charge is 0.257 e. The lowest BCUT2D eigenvalue weighted by Crippen LogP contribution is -2.35. The van der Waals surface area contributed by atoms with Crippen LogP contribution in [0.5, 0.6) is 0 Å². The highest BCUT2D eigenvalue weighted by molar-refractivity contribution is 5.98. The minimum Gasteiger partial charge on any atom is -0.398 e. The zero-order chi connectivity index (χ0) is 13.4. The number of nitrogen functional groups attached to an aromatic ring is 1. The van der Waals surface area contributed by atoms with Crippen LogP contribution in [-0.2, 0) is 0 Å². The monoisotopic (exact) mass is 259 g/mol. The number of nitrogens with zero attached hydrogens (tertiary/aromatic N) is 2. The normalized spacial score (nSPS) is 18.4. The van der Waals surface area contributed by atoms with E-state index in [2.05, 4.69) is 4.98 Å². The maximum absolute atomic E-state index is 12.6. The summed E-state index contributed by atoms with van der Waals surface area (Å²) in [6, 6.07) is 1.78. The Labute approximate surface area is 114 Å². The Hall–Kier alpha value is -1.58. The van der Waals surface area contributed by atoms with Gasteiger partial charge in [-0.1, -0.05) is 0 Å². The van der Waals surface area contributed by atoms with Gasteiger partial charge in [0.2, 0.25) is 0 Å². The molecule has 19 heavy (non-hydrogen) atoms. The molecule has 1 aromatic heterocycles. The van der Waals surface area contributed by atoms with Crippen LogP contribution in [0.2, 0.25) is 0 Å². The quantitative estimate of drug-likeness (QED) is 0.882. The zero-order valence-electron chi connectivity index (χ0n) is 11.4. The van der Waals surface area contributed by atoms with Crippen molar-refractivity contribution in [3.63, 3.8) is 0 Å². The number of hydrogen-bond acceptors (Lipinski definition) is 3. The van der Waals surface area contributed by atoms with Crippen molar-refractivity contribution in [1.29, 1.82) is 0 Å². The van der Waals surface area contributed by atoms with E-state index in [9.17, 15) is 4.79 Å². The Morgan fingerprint density at radius 3 is 2.37 bits per heavy atom. The molecule has 2 N–H and O–H groups in total. The topological polar surface area (TPSA) is 59.2 Å². The number of hydrogen-bond donors (Lipinski definition) is 1. The van der Waals surface area contributed by atoms with Gasteiger partial charge in [-0.25, -0.2) is 0 Å². The molecule has 1 aromatic rings. The van der Waals surface area contributed by atoms with Crippen molar-refractivity contribution >= 4 is 11.6 Å². The molecule has 2 fully saturated rings. The van der Waals surface area contributed by atoms with Gasteiger partial charge < -0.3 is 10.6 Å². The summed E-state index contributed by atoms with van der Waals surface area (Å²) in [5.74, 6) is 1.48. The highest BCUT2D eigenvalue weighted by Gasteiger charge is 2.32. The molecule has 0 aromatic carbocycles. The van der Waals surface area contributed by atoms with Gasteiger partial charge in [-0.2, -0.15) is 0 Å². The molecule has 0 radical (unpaired) electrons. The molecule has 4 heteroatoms. The van der Waals surface area contributed by atoms with Crippen molar-refractivity contribution in [1.82, 2.24) is 9.88 Å². The average Bonchev–Trinajstić information content (AvgIpc) is 3.22. The molecule has 2 aliphatic rings. The second kappa shape index (κ2) is 4.83. The van der Waals surface area contributed by atoms with Gasteiger partial charge in [-0.05, 0) is 50.5 Å². The van der Waals surface area contributed by atoms with E-state index in [1.165, 1.54) is 25.7 Å². The van der Waals surface area contributed by atoms with Crippen molar-refractivity contribution in [2.24, 2.45) is 11.8 Å². The molecule has 1 amide bonds. The summed E-state index contributed by atoms with van der Waals surface area (Å²) >= 11 is 0. The van der Waals surface area contributed by atoms with Crippen molar-refractivity contribution in [2.75, 3.05) is 18.8 Å². The number of anilines is 1. The van der Waals surface area contributed by atoms with E-state index in [-0.39, 0.29) is 5.91 Å². The van der Waals surface area contributed by atoms with E-state index in [1.54, 1.807) is 12.3 Å².